The van der Waals surface area contributed by atoms with Crippen molar-refractivity contribution < 1.29 is 0 Å². The number of nitrogen functional groups attached to an aromatic ring is 1. The topological polar surface area (TPSA) is 101 Å². The lowest BCUT2D eigenvalue weighted by molar-refractivity contribution is 0.00162. The zero-order valence-corrected chi connectivity index (χ0v) is 19.8. The molecule has 0 atom stereocenters. The minimum Gasteiger partial charge on any atom is -0.398 e. The maximum Gasteiger partial charge on any atom is 0.159 e. The van der Waals surface area contributed by atoms with Gasteiger partial charge in [0.1, 0.15) is 0 Å². The number of nitrogens with two attached hydrogens (primary N) is 1. The smallest absolute Gasteiger partial charge is 0.159 e. The number of hydrogen-bond donors (Lipinski definition) is 3. The van der Waals surface area contributed by atoms with Gasteiger partial charge in [0.25, 0.3) is 0 Å². The van der Waals surface area contributed by atoms with Crippen LogP contribution in [0, 0.1) is 24.7 Å². The van der Waals surface area contributed by atoms with Crippen LogP contribution in [0.5, 0.6) is 0 Å². The van der Waals surface area contributed by atoms with Gasteiger partial charge in [-0.05, 0) is 49.8 Å². The van der Waals surface area contributed by atoms with Gasteiger partial charge >= 0.3 is 0 Å². The fraction of sp³-hybridized carbons (Fsp3) is 0.458. The number of anilines is 2. The maximum absolute atomic E-state index is 8.10. The number of rotatable bonds is 4. The van der Waals surface area contributed by atoms with Gasteiger partial charge in [-0.3, -0.25) is 9.36 Å². The Hall–Kier alpha value is -2.84. The number of nitrogens with zero attached hydrogens (tertiary/aromatic N) is 5. The molecule has 9 heteroatoms. The summed E-state index contributed by atoms with van der Waals surface area (Å²) in [7, 11) is 0. The first-order chi connectivity index (χ1) is 15.9. The minimum atomic E-state index is 0.388. The van der Waals surface area contributed by atoms with Crippen molar-refractivity contribution in [1.29, 1.82) is 5.41 Å². The number of benzene rings is 1. The Bertz CT molecular complexity index is 1260. The molecule has 1 spiro atoms. The van der Waals surface area contributed by atoms with Gasteiger partial charge in [-0.2, -0.15) is 10.2 Å². The molecule has 1 aromatic carbocycles. The molecule has 2 fully saturated rings. The van der Waals surface area contributed by atoms with Gasteiger partial charge < -0.3 is 21.4 Å². The van der Waals surface area contributed by atoms with E-state index in [4.69, 9.17) is 27.8 Å². The predicted molar refractivity (Wildman–Crippen MR) is 131 cm³/mol. The van der Waals surface area contributed by atoms with Crippen molar-refractivity contribution in [3.63, 3.8) is 0 Å². The Morgan fingerprint density at radius 2 is 2.03 bits per heavy atom. The Kier molecular flexibility index (Phi) is 4.61. The van der Waals surface area contributed by atoms with Crippen LogP contribution in [0.4, 0.5) is 11.5 Å². The first-order valence-electron chi connectivity index (χ1n) is 11.6. The molecule has 0 radical (unpaired) electrons. The van der Waals surface area contributed by atoms with E-state index in [1.165, 1.54) is 11.9 Å². The summed E-state index contributed by atoms with van der Waals surface area (Å²) in [5.74, 6) is 0.919. The molecule has 33 heavy (non-hydrogen) atoms. The molecule has 3 aliphatic rings. The third-order valence-corrected chi connectivity index (χ3v) is 8.25. The molecule has 8 nitrogen and oxygen atoms in total. The molecule has 2 aliphatic heterocycles. The normalized spacial score (nSPS) is 19.3. The largest absolute Gasteiger partial charge is 0.398 e. The first-order valence-corrected chi connectivity index (χ1v) is 11.9. The van der Waals surface area contributed by atoms with E-state index in [1.54, 1.807) is 0 Å². The molecule has 4 heterocycles. The van der Waals surface area contributed by atoms with Crippen molar-refractivity contribution in [3.05, 3.63) is 45.9 Å². The van der Waals surface area contributed by atoms with Gasteiger partial charge in [0.15, 0.2) is 5.82 Å². The van der Waals surface area contributed by atoms with E-state index in [-0.39, 0.29) is 0 Å². The first kappa shape index (κ1) is 20.7. The Labute approximate surface area is 198 Å². The second-order valence-corrected chi connectivity index (χ2v) is 10.3. The average molecular weight is 465 g/mol. The fourth-order valence-electron chi connectivity index (χ4n) is 5.85. The molecule has 172 valence electrons. The van der Waals surface area contributed by atoms with Crippen LogP contribution in [0.2, 0.25) is 5.02 Å². The second kappa shape index (κ2) is 7.33. The summed E-state index contributed by atoms with van der Waals surface area (Å²) in [5, 5.41) is 21.8. The molecule has 1 saturated carbocycles. The SMILES string of the molecule is Cc1cc(N)c(C=N)c(-c2c(N3CCn4nccc4C3)nn(C3CC4(CNC4)C3)c2C)c1Cl. The number of aromatic nitrogens is 4. The maximum atomic E-state index is 8.10. The molecule has 0 amide bonds. The summed E-state index contributed by atoms with van der Waals surface area (Å²) in [6.45, 7) is 8.68. The highest BCUT2D eigenvalue weighted by Gasteiger charge is 2.50. The monoisotopic (exact) mass is 464 g/mol. The van der Waals surface area contributed by atoms with Crippen molar-refractivity contribution in [3.8, 4) is 11.1 Å². The van der Waals surface area contributed by atoms with Crippen molar-refractivity contribution >= 4 is 29.3 Å². The summed E-state index contributed by atoms with van der Waals surface area (Å²) in [5.41, 5.74) is 13.0. The van der Waals surface area contributed by atoms with Gasteiger partial charge in [0, 0.05) is 60.1 Å². The summed E-state index contributed by atoms with van der Waals surface area (Å²) in [6.07, 6.45) is 5.47. The van der Waals surface area contributed by atoms with Crippen molar-refractivity contribution in [2.75, 3.05) is 30.3 Å². The van der Waals surface area contributed by atoms with E-state index in [0.717, 1.165) is 73.8 Å². The van der Waals surface area contributed by atoms with E-state index < -0.39 is 0 Å². The Morgan fingerprint density at radius 3 is 2.73 bits per heavy atom. The van der Waals surface area contributed by atoms with Crippen LogP contribution in [-0.2, 0) is 13.1 Å². The van der Waals surface area contributed by atoms with Crippen LogP contribution in [0.25, 0.3) is 11.1 Å². The van der Waals surface area contributed by atoms with Gasteiger partial charge in [-0.1, -0.05) is 11.6 Å². The summed E-state index contributed by atoms with van der Waals surface area (Å²) in [4.78, 5) is 2.32. The summed E-state index contributed by atoms with van der Waals surface area (Å²) < 4.78 is 4.27. The van der Waals surface area contributed by atoms with Crippen LogP contribution in [-0.4, -0.2) is 45.4 Å². The van der Waals surface area contributed by atoms with Crippen LogP contribution >= 0.6 is 11.6 Å². The van der Waals surface area contributed by atoms with Crippen LogP contribution in [0.15, 0.2) is 18.3 Å². The van der Waals surface area contributed by atoms with Crippen LogP contribution in [0.3, 0.4) is 0 Å². The third-order valence-electron chi connectivity index (χ3n) is 7.77. The quantitative estimate of drug-likeness (QED) is 0.405. The highest BCUT2D eigenvalue weighted by Crippen LogP contribution is 2.53. The van der Waals surface area contributed by atoms with Crippen LogP contribution < -0.4 is 16.0 Å². The van der Waals surface area contributed by atoms with E-state index in [0.29, 0.717) is 27.7 Å². The molecule has 1 aliphatic carbocycles. The fourth-order valence-corrected chi connectivity index (χ4v) is 6.10. The van der Waals surface area contributed by atoms with E-state index in [1.807, 2.05) is 19.2 Å². The number of halogens is 1. The molecule has 4 N–H and O–H groups in total. The minimum absolute atomic E-state index is 0.388. The Balaban J connectivity index is 1.51. The number of hydrogen-bond acceptors (Lipinski definition) is 6. The predicted octanol–water partition coefficient (Wildman–Crippen LogP) is 3.54. The lowest BCUT2D eigenvalue weighted by atomic mass is 9.61. The Morgan fingerprint density at radius 1 is 1.24 bits per heavy atom. The molecule has 0 bridgehead atoms. The zero-order valence-electron chi connectivity index (χ0n) is 19.0. The molecular formula is C24H29ClN8. The third kappa shape index (κ3) is 3.04. The molecule has 0 unspecified atom stereocenters. The van der Waals surface area contributed by atoms with E-state index in [2.05, 4.69) is 37.7 Å². The average Bonchev–Trinajstić information content (AvgIpc) is 3.33. The highest BCUT2D eigenvalue weighted by molar-refractivity contribution is 6.35. The summed E-state index contributed by atoms with van der Waals surface area (Å²) >= 11 is 6.91. The lowest BCUT2D eigenvalue weighted by Gasteiger charge is -2.54. The van der Waals surface area contributed by atoms with Gasteiger partial charge in [0.05, 0.1) is 29.8 Å². The van der Waals surface area contributed by atoms with Crippen molar-refractivity contribution in [1.82, 2.24) is 24.9 Å². The van der Waals surface area contributed by atoms with E-state index >= 15 is 0 Å². The standard InChI is InChI=1S/C24H29ClN8/c1-14-7-19(27)18(10-26)21(22(14)25)20-15(2)33(17-8-24(9-17)12-28-13-24)30-23(20)31-5-6-32-16(11-31)3-4-29-32/h3-4,7,10,17,26,28H,5-6,8-9,11-13,27H2,1-2H3. The number of nitrogens with one attached hydrogen (secondary N) is 2. The molecule has 3 aromatic rings. The zero-order chi connectivity index (χ0) is 22.9. The van der Waals surface area contributed by atoms with Gasteiger partial charge in [-0.25, -0.2) is 0 Å². The molecule has 2 aromatic heterocycles. The number of fused-ring (bicyclic) bond motifs is 1. The summed E-state index contributed by atoms with van der Waals surface area (Å²) in [6, 6.07) is 4.30. The van der Waals surface area contributed by atoms with Gasteiger partial charge in [0.2, 0.25) is 0 Å². The molecular weight excluding hydrogens is 436 g/mol. The van der Waals surface area contributed by atoms with Gasteiger partial charge in [-0.15, -0.1) is 0 Å². The van der Waals surface area contributed by atoms with Crippen LogP contribution in [0.1, 0.15) is 41.4 Å². The van der Waals surface area contributed by atoms with E-state index in [9.17, 15) is 0 Å². The molecule has 1 saturated heterocycles. The molecule has 6 rings (SSSR count). The number of aryl methyl sites for hydroxylation is 1. The van der Waals surface area contributed by atoms with Crippen molar-refractivity contribution in [2.24, 2.45) is 5.41 Å². The van der Waals surface area contributed by atoms with Crippen molar-refractivity contribution in [2.45, 2.75) is 45.8 Å². The lowest BCUT2D eigenvalue weighted by Crippen LogP contribution is -2.60. The highest BCUT2D eigenvalue weighted by atomic mass is 35.5. The second-order valence-electron chi connectivity index (χ2n) is 9.89.